The minimum atomic E-state index is -3.51. The van der Waals surface area contributed by atoms with Gasteiger partial charge in [-0.25, -0.2) is 12.7 Å². The Morgan fingerprint density at radius 3 is 2.27 bits per heavy atom. The van der Waals surface area contributed by atoms with E-state index in [1.807, 2.05) is 0 Å². The van der Waals surface area contributed by atoms with Crippen molar-refractivity contribution in [1.29, 1.82) is 0 Å². The van der Waals surface area contributed by atoms with E-state index in [9.17, 15) is 23.1 Å². The lowest BCUT2D eigenvalue weighted by molar-refractivity contribution is -0.304. The Bertz CT molecular complexity index is 641. The van der Waals surface area contributed by atoms with Crippen LogP contribution in [-0.2, 0) is 19.6 Å². The monoisotopic (exact) mass is 345 g/mol. The van der Waals surface area contributed by atoms with Crippen LogP contribution in [-0.4, -0.2) is 49.7 Å². The zero-order valence-corrected chi connectivity index (χ0v) is 14.0. The third-order valence-electron chi connectivity index (χ3n) is 2.71. The third kappa shape index (κ3) is 5.00. The van der Waals surface area contributed by atoms with Gasteiger partial charge >= 0.3 is 0 Å². The highest BCUT2D eigenvalue weighted by molar-refractivity contribution is 8.01. The number of carbonyl (C=O) groups is 2. The number of anilines is 1. The molecule has 0 spiro atoms. The standard InChI is InChI=1S/C13H18N2O5S2/c1-9(13(17)18)21-8-12(16)14-10-4-6-11(7-5-10)22(19,20)15(2)3/h4-7,9H,8H2,1-3H3,(H,14,16)(H,17,18)/p-1/t9-/m0/s1. The lowest BCUT2D eigenvalue weighted by Crippen LogP contribution is -2.32. The van der Waals surface area contributed by atoms with Gasteiger partial charge in [-0.15, -0.1) is 11.8 Å². The van der Waals surface area contributed by atoms with E-state index >= 15 is 0 Å². The van der Waals surface area contributed by atoms with Crippen LogP contribution in [0.15, 0.2) is 29.2 Å². The fourth-order valence-electron chi connectivity index (χ4n) is 1.39. The molecule has 0 bridgehead atoms. The van der Waals surface area contributed by atoms with Gasteiger partial charge in [-0.2, -0.15) is 0 Å². The predicted octanol–water partition coefficient (Wildman–Crippen LogP) is -0.253. The number of thioether (sulfide) groups is 1. The molecule has 1 N–H and O–H groups in total. The van der Waals surface area contributed by atoms with Gasteiger partial charge in [0, 0.05) is 25.0 Å². The summed E-state index contributed by atoms with van der Waals surface area (Å²) in [6.45, 7) is 1.44. The number of nitrogens with one attached hydrogen (secondary N) is 1. The summed E-state index contributed by atoms with van der Waals surface area (Å²) in [7, 11) is -0.646. The van der Waals surface area contributed by atoms with Crippen LogP contribution in [0, 0.1) is 0 Å². The van der Waals surface area contributed by atoms with E-state index in [0.29, 0.717) is 5.69 Å². The Balaban J connectivity index is 2.65. The maximum absolute atomic E-state index is 11.9. The third-order valence-corrected chi connectivity index (χ3v) is 5.66. The van der Waals surface area contributed by atoms with Crippen molar-refractivity contribution in [2.24, 2.45) is 0 Å². The number of amides is 1. The number of sulfonamides is 1. The topological polar surface area (TPSA) is 107 Å². The van der Waals surface area contributed by atoms with E-state index in [2.05, 4.69) is 5.32 Å². The van der Waals surface area contributed by atoms with Gasteiger partial charge in [0.15, 0.2) is 0 Å². The van der Waals surface area contributed by atoms with Crippen LogP contribution in [0.25, 0.3) is 0 Å². The Hall–Kier alpha value is -1.58. The molecular formula is C13H17N2O5S2-. The number of aliphatic carboxylic acids is 1. The molecule has 1 atom stereocenters. The van der Waals surface area contributed by atoms with E-state index in [0.717, 1.165) is 16.1 Å². The van der Waals surface area contributed by atoms with Crippen molar-refractivity contribution in [2.75, 3.05) is 25.2 Å². The van der Waals surface area contributed by atoms with Gasteiger partial charge in [0.25, 0.3) is 0 Å². The first-order valence-corrected chi connectivity index (χ1v) is 8.78. The highest BCUT2D eigenvalue weighted by Gasteiger charge is 2.16. The van der Waals surface area contributed by atoms with Crippen molar-refractivity contribution in [1.82, 2.24) is 4.31 Å². The number of carboxylic acids is 1. The van der Waals surface area contributed by atoms with Gasteiger partial charge in [-0.05, 0) is 31.2 Å². The Morgan fingerprint density at radius 2 is 1.82 bits per heavy atom. The minimum absolute atomic E-state index is 0.0348. The summed E-state index contributed by atoms with van der Waals surface area (Å²) in [5, 5.41) is 12.3. The first kappa shape index (κ1) is 18.5. The summed E-state index contributed by atoms with van der Waals surface area (Å²) in [5.74, 6) is -1.63. The van der Waals surface area contributed by atoms with Gasteiger partial charge < -0.3 is 15.2 Å². The summed E-state index contributed by atoms with van der Waals surface area (Å²) in [4.78, 5) is 22.3. The fourth-order valence-corrected chi connectivity index (χ4v) is 2.90. The van der Waals surface area contributed by atoms with Crippen LogP contribution in [0.4, 0.5) is 5.69 Å². The second-order valence-electron chi connectivity index (χ2n) is 4.63. The van der Waals surface area contributed by atoms with E-state index in [1.165, 1.54) is 45.3 Å². The highest BCUT2D eigenvalue weighted by atomic mass is 32.2. The highest BCUT2D eigenvalue weighted by Crippen LogP contribution is 2.17. The maximum Gasteiger partial charge on any atom is 0.242 e. The molecule has 7 nitrogen and oxygen atoms in total. The Morgan fingerprint density at radius 1 is 1.27 bits per heavy atom. The van der Waals surface area contributed by atoms with Crippen molar-refractivity contribution in [3.05, 3.63) is 24.3 Å². The van der Waals surface area contributed by atoms with Crippen LogP contribution in [0.2, 0.25) is 0 Å². The molecule has 0 unspecified atom stereocenters. The lowest BCUT2D eigenvalue weighted by atomic mass is 10.3. The van der Waals surface area contributed by atoms with Crippen LogP contribution in [0.1, 0.15) is 6.92 Å². The zero-order chi connectivity index (χ0) is 16.9. The molecule has 0 saturated carbocycles. The first-order chi connectivity index (χ1) is 10.1. The average Bonchev–Trinajstić information content (AvgIpc) is 2.45. The molecule has 9 heteroatoms. The second kappa shape index (κ2) is 7.61. The van der Waals surface area contributed by atoms with Gasteiger partial charge in [-0.1, -0.05) is 0 Å². The largest absolute Gasteiger partial charge is 0.549 e. The minimum Gasteiger partial charge on any atom is -0.549 e. The molecule has 0 radical (unpaired) electrons. The van der Waals surface area contributed by atoms with Crippen molar-refractivity contribution in [3.63, 3.8) is 0 Å². The van der Waals surface area contributed by atoms with E-state index < -0.39 is 21.2 Å². The summed E-state index contributed by atoms with van der Waals surface area (Å²) in [6, 6.07) is 5.73. The number of carbonyl (C=O) groups excluding carboxylic acids is 2. The van der Waals surface area contributed by atoms with E-state index in [1.54, 1.807) is 0 Å². The molecule has 0 aliphatic carbocycles. The van der Waals surface area contributed by atoms with Crippen LogP contribution in [0.5, 0.6) is 0 Å². The first-order valence-electron chi connectivity index (χ1n) is 6.29. The quantitative estimate of drug-likeness (QED) is 0.730. The molecule has 0 aliphatic rings. The Labute approximate surface area is 133 Å². The van der Waals surface area contributed by atoms with E-state index in [-0.39, 0.29) is 16.6 Å². The second-order valence-corrected chi connectivity index (χ2v) is 8.11. The zero-order valence-electron chi connectivity index (χ0n) is 12.4. The van der Waals surface area contributed by atoms with Crippen molar-refractivity contribution in [3.8, 4) is 0 Å². The number of hydrogen-bond acceptors (Lipinski definition) is 6. The predicted molar refractivity (Wildman–Crippen MR) is 82.9 cm³/mol. The van der Waals surface area contributed by atoms with Crippen molar-refractivity contribution < 1.29 is 23.1 Å². The van der Waals surface area contributed by atoms with Gasteiger partial charge in [0.05, 0.1) is 16.6 Å². The SMILES string of the molecule is C[C@H](SCC(=O)Nc1ccc(S(=O)(=O)N(C)C)cc1)C(=O)[O-]. The lowest BCUT2D eigenvalue weighted by Gasteiger charge is -2.13. The molecule has 0 aromatic heterocycles. The van der Waals surface area contributed by atoms with Gasteiger partial charge in [0.2, 0.25) is 15.9 Å². The van der Waals surface area contributed by atoms with Crippen molar-refractivity contribution >= 4 is 39.3 Å². The molecule has 1 aromatic carbocycles. The maximum atomic E-state index is 11.9. The van der Waals surface area contributed by atoms with Crippen molar-refractivity contribution in [2.45, 2.75) is 17.1 Å². The fraction of sp³-hybridized carbons (Fsp3) is 0.385. The summed E-state index contributed by atoms with van der Waals surface area (Å²) in [6.07, 6.45) is 0. The van der Waals surface area contributed by atoms with Crippen LogP contribution in [0.3, 0.4) is 0 Å². The Kier molecular flexibility index (Phi) is 6.39. The normalized spacial score (nSPS) is 12.9. The molecule has 0 saturated heterocycles. The van der Waals surface area contributed by atoms with Gasteiger partial charge in [0.1, 0.15) is 0 Å². The molecule has 1 amide bonds. The molecule has 122 valence electrons. The van der Waals surface area contributed by atoms with E-state index in [4.69, 9.17) is 0 Å². The number of rotatable bonds is 7. The number of hydrogen-bond donors (Lipinski definition) is 1. The molecule has 0 heterocycles. The molecule has 0 fully saturated rings. The smallest absolute Gasteiger partial charge is 0.242 e. The molecular weight excluding hydrogens is 328 g/mol. The molecule has 22 heavy (non-hydrogen) atoms. The molecule has 1 aromatic rings. The molecule has 0 aliphatic heterocycles. The molecule has 1 rings (SSSR count). The summed E-state index contributed by atoms with van der Waals surface area (Å²) in [5.41, 5.74) is 0.435. The van der Waals surface area contributed by atoms with Gasteiger partial charge in [-0.3, -0.25) is 4.79 Å². The summed E-state index contributed by atoms with van der Waals surface area (Å²) >= 11 is 0.947. The number of benzene rings is 1. The average molecular weight is 345 g/mol. The number of carboxylic acid groups (broad SMARTS) is 1. The summed E-state index contributed by atoms with van der Waals surface area (Å²) < 4.78 is 24.9. The van der Waals surface area contributed by atoms with Crippen LogP contribution >= 0.6 is 11.8 Å². The van der Waals surface area contributed by atoms with Crippen LogP contribution < -0.4 is 10.4 Å². The number of nitrogens with zero attached hydrogens (tertiary/aromatic N) is 1.